The molecule has 0 saturated heterocycles. The summed E-state index contributed by atoms with van der Waals surface area (Å²) in [6.07, 6.45) is 7.07. The molecule has 20 heavy (non-hydrogen) atoms. The van der Waals surface area contributed by atoms with Crippen molar-refractivity contribution in [1.29, 1.82) is 0 Å². The molecule has 106 valence electrons. The largest absolute Gasteiger partial charge is 0.368 e. The van der Waals surface area contributed by atoms with Gasteiger partial charge in [-0.25, -0.2) is 0 Å². The highest BCUT2D eigenvalue weighted by atomic mass is 16.2. The van der Waals surface area contributed by atoms with Crippen LogP contribution in [0.3, 0.4) is 0 Å². The van der Waals surface area contributed by atoms with Gasteiger partial charge in [-0.2, -0.15) is 0 Å². The Morgan fingerprint density at radius 2 is 1.75 bits per heavy atom. The summed E-state index contributed by atoms with van der Waals surface area (Å²) >= 11 is 0. The predicted octanol–water partition coefficient (Wildman–Crippen LogP) is 2.22. The van der Waals surface area contributed by atoms with E-state index < -0.39 is 11.9 Å². The third-order valence-corrected chi connectivity index (χ3v) is 3.54. The maximum absolute atomic E-state index is 12.0. The van der Waals surface area contributed by atoms with Crippen LogP contribution in [0, 0.1) is 0 Å². The fraction of sp³-hybridized carbons (Fsp3) is 0.375. The Hall–Kier alpha value is -2.10. The van der Waals surface area contributed by atoms with Crippen molar-refractivity contribution < 1.29 is 9.59 Å². The van der Waals surface area contributed by atoms with Crippen LogP contribution in [0.25, 0.3) is 0 Å². The second kappa shape index (κ2) is 6.89. The maximum Gasteiger partial charge on any atom is 0.244 e. The van der Waals surface area contributed by atoms with E-state index >= 15 is 0 Å². The van der Waals surface area contributed by atoms with Crippen molar-refractivity contribution in [3.8, 4) is 0 Å². The van der Waals surface area contributed by atoms with Crippen molar-refractivity contribution in [2.24, 2.45) is 5.73 Å². The van der Waals surface area contributed by atoms with E-state index in [-0.39, 0.29) is 5.91 Å². The number of nitrogens with two attached hydrogens (primary N) is 1. The molecule has 2 amide bonds. The van der Waals surface area contributed by atoms with Crippen LogP contribution in [0.1, 0.15) is 43.7 Å². The summed E-state index contributed by atoms with van der Waals surface area (Å²) in [7, 11) is 0. The molecule has 1 atom stereocenters. The van der Waals surface area contributed by atoms with Crippen molar-refractivity contribution in [3.05, 3.63) is 47.5 Å². The van der Waals surface area contributed by atoms with Gasteiger partial charge in [-0.1, -0.05) is 42.3 Å². The van der Waals surface area contributed by atoms with Gasteiger partial charge in [0.15, 0.2) is 0 Å². The number of primary amides is 1. The molecule has 1 aliphatic carbocycles. The summed E-state index contributed by atoms with van der Waals surface area (Å²) in [6.45, 7) is 0. The smallest absolute Gasteiger partial charge is 0.244 e. The first-order valence-corrected chi connectivity index (χ1v) is 7.01. The number of nitrogens with one attached hydrogen (secondary N) is 1. The molecular formula is C16H20N2O2. The van der Waals surface area contributed by atoms with Crippen molar-refractivity contribution in [3.63, 3.8) is 0 Å². The van der Waals surface area contributed by atoms with E-state index in [2.05, 4.69) is 5.32 Å². The number of carbonyl (C=O) groups excluding carboxylic acids is 2. The quantitative estimate of drug-likeness (QED) is 0.825. The van der Waals surface area contributed by atoms with Gasteiger partial charge in [0.05, 0.1) is 0 Å². The monoisotopic (exact) mass is 272 g/mol. The molecule has 2 rings (SSSR count). The first kappa shape index (κ1) is 14.3. The Bertz CT molecular complexity index is 500. The van der Waals surface area contributed by atoms with E-state index in [9.17, 15) is 9.59 Å². The molecule has 4 heteroatoms. The lowest BCUT2D eigenvalue weighted by molar-refractivity contribution is -0.125. The Balaban J connectivity index is 2.05. The summed E-state index contributed by atoms with van der Waals surface area (Å²) in [5.41, 5.74) is 7.24. The van der Waals surface area contributed by atoms with Crippen LogP contribution in [0.5, 0.6) is 0 Å². The molecule has 3 N–H and O–H groups in total. The van der Waals surface area contributed by atoms with Gasteiger partial charge in [0, 0.05) is 6.08 Å². The van der Waals surface area contributed by atoms with E-state index in [4.69, 9.17) is 5.73 Å². The van der Waals surface area contributed by atoms with Crippen molar-refractivity contribution >= 4 is 11.8 Å². The molecular weight excluding hydrogens is 252 g/mol. The molecule has 0 spiro atoms. The summed E-state index contributed by atoms with van der Waals surface area (Å²) in [5.74, 6) is -0.791. The van der Waals surface area contributed by atoms with Crippen molar-refractivity contribution in [2.45, 2.75) is 38.1 Å². The highest BCUT2D eigenvalue weighted by molar-refractivity contribution is 5.93. The van der Waals surface area contributed by atoms with Crippen LogP contribution < -0.4 is 11.1 Å². The third kappa shape index (κ3) is 3.95. The van der Waals surface area contributed by atoms with E-state index in [1.165, 1.54) is 6.42 Å². The minimum atomic E-state index is -0.774. The number of carbonyl (C=O) groups is 2. The zero-order chi connectivity index (χ0) is 14.4. The summed E-state index contributed by atoms with van der Waals surface area (Å²) in [6, 6.07) is 8.28. The second-order valence-electron chi connectivity index (χ2n) is 5.12. The Kier molecular flexibility index (Phi) is 4.93. The predicted molar refractivity (Wildman–Crippen MR) is 77.7 cm³/mol. The molecule has 1 aromatic carbocycles. The fourth-order valence-corrected chi connectivity index (χ4v) is 2.48. The average molecular weight is 272 g/mol. The number of allylic oxidation sites excluding steroid dienone is 1. The summed E-state index contributed by atoms with van der Waals surface area (Å²) in [5, 5.41) is 2.69. The molecule has 4 nitrogen and oxygen atoms in total. The van der Waals surface area contributed by atoms with Crippen molar-refractivity contribution in [2.75, 3.05) is 0 Å². The fourth-order valence-electron chi connectivity index (χ4n) is 2.48. The highest BCUT2D eigenvalue weighted by Crippen LogP contribution is 2.22. The maximum atomic E-state index is 12.0. The topological polar surface area (TPSA) is 72.2 Å². The number of amides is 2. The van der Waals surface area contributed by atoms with E-state index in [0.29, 0.717) is 5.56 Å². The zero-order valence-electron chi connectivity index (χ0n) is 11.5. The van der Waals surface area contributed by atoms with Gasteiger partial charge in [-0.05, 0) is 31.2 Å². The molecule has 0 heterocycles. The molecule has 0 aromatic heterocycles. The van der Waals surface area contributed by atoms with E-state index in [1.54, 1.807) is 18.2 Å². The standard InChI is InChI=1S/C16H20N2O2/c17-16(20)15(13-9-5-2-6-10-13)18-14(19)11-12-7-3-1-4-8-12/h2,5-6,9-11,15H,1,3-4,7-8H2,(H2,17,20)(H,18,19)/t15-/m0/s1. The summed E-state index contributed by atoms with van der Waals surface area (Å²) < 4.78 is 0. The molecule has 0 aliphatic heterocycles. The van der Waals surface area contributed by atoms with Gasteiger partial charge in [0.2, 0.25) is 11.8 Å². The van der Waals surface area contributed by atoms with Crippen LogP contribution >= 0.6 is 0 Å². The van der Waals surface area contributed by atoms with Gasteiger partial charge < -0.3 is 11.1 Å². The van der Waals surface area contributed by atoms with Gasteiger partial charge >= 0.3 is 0 Å². The van der Waals surface area contributed by atoms with Crippen LogP contribution in [0.2, 0.25) is 0 Å². The molecule has 1 aromatic rings. The van der Waals surface area contributed by atoms with Gasteiger partial charge in [-0.15, -0.1) is 0 Å². The molecule has 0 radical (unpaired) electrons. The zero-order valence-corrected chi connectivity index (χ0v) is 11.5. The number of benzene rings is 1. The first-order chi connectivity index (χ1) is 9.66. The van der Waals surface area contributed by atoms with Crippen molar-refractivity contribution in [1.82, 2.24) is 5.32 Å². The molecule has 1 aliphatic rings. The lowest BCUT2D eigenvalue weighted by Crippen LogP contribution is -2.36. The molecule has 0 unspecified atom stereocenters. The van der Waals surface area contributed by atoms with E-state index in [0.717, 1.165) is 31.3 Å². The van der Waals surface area contributed by atoms with Gasteiger partial charge in [0.25, 0.3) is 0 Å². The lowest BCUT2D eigenvalue weighted by Gasteiger charge is -2.16. The molecule has 1 fully saturated rings. The summed E-state index contributed by atoms with van der Waals surface area (Å²) in [4.78, 5) is 23.5. The molecule has 0 bridgehead atoms. The number of hydrogen-bond acceptors (Lipinski definition) is 2. The van der Waals surface area contributed by atoms with Crippen LogP contribution in [-0.2, 0) is 9.59 Å². The van der Waals surface area contributed by atoms with Crippen LogP contribution in [0.15, 0.2) is 42.0 Å². The normalized spacial score (nSPS) is 16.3. The van der Waals surface area contributed by atoms with Crippen LogP contribution in [0.4, 0.5) is 0 Å². The first-order valence-electron chi connectivity index (χ1n) is 7.01. The van der Waals surface area contributed by atoms with Gasteiger partial charge in [0.1, 0.15) is 6.04 Å². The minimum Gasteiger partial charge on any atom is -0.368 e. The number of hydrogen-bond donors (Lipinski definition) is 2. The lowest BCUT2D eigenvalue weighted by atomic mass is 9.94. The third-order valence-electron chi connectivity index (χ3n) is 3.54. The Labute approximate surface area is 119 Å². The minimum absolute atomic E-state index is 0.241. The van der Waals surface area contributed by atoms with Gasteiger partial charge in [-0.3, -0.25) is 9.59 Å². The second-order valence-corrected chi connectivity index (χ2v) is 5.12. The molecule has 1 saturated carbocycles. The number of rotatable bonds is 4. The Morgan fingerprint density at radius 3 is 2.35 bits per heavy atom. The Morgan fingerprint density at radius 1 is 1.10 bits per heavy atom. The average Bonchev–Trinajstić information content (AvgIpc) is 2.46. The van der Waals surface area contributed by atoms with Crippen LogP contribution in [-0.4, -0.2) is 11.8 Å². The highest BCUT2D eigenvalue weighted by Gasteiger charge is 2.19. The SMILES string of the molecule is NC(=O)[C@@H](NC(=O)C=C1CCCCC1)c1ccccc1. The van der Waals surface area contributed by atoms with E-state index in [1.807, 2.05) is 18.2 Å².